The molecule has 0 heterocycles. The molecule has 0 aliphatic rings. The summed E-state index contributed by atoms with van der Waals surface area (Å²) in [6, 6.07) is 7.75. The minimum atomic E-state index is -1.22. The molecule has 0 radical (unpaired) electrons. The van der Waals surface area contributed by atoms with Crippen LogP contribution in [0.5, 0.6) is 5.75 Å². The number of phenols is 1. The molecule has 0 saturated heterocycles. The number of nitrogens with one attached hydrogen (secondary N) is 2. The Kier molecular flexibility index (Phi) is 11.4. The number of phenolic OH excluding ortho intramolecular Hbond substituents is 1. The Morgan fingerprint density at radius 1 is 1.00 bits per heavy atom. The molecule has 0 aliphatic heterocycles. The van der Waals surface area contributed by atoms with E-state index in [4.69, 9.17) is 16.3 Å². The fourth-order valence-electron chi connectivity index (χ4n) is 4.38. The van der Waals surface area contributed by atoms with Crippen LogP contribution in [0.4, 0.5) is 10.5 Å². The van der Waals surface area contributed by atoms with Crippen LogP contribution in [0, 0.1) is 19.8 Å². The SMILES string of the molecule is CCC(C)C(NC(=O)OC(C)(C)C)C(=O)N(C(C)CC)C(C(=O)Nc1c(C)cccc1Cl)c1cccc(C)c1O. The number of carbonyl (C=O) groups excluding carboxylic acids is 3. The molecule has 9 heteroatoms. The highest BCUT2D eigenvalue weighted by atomic mass is 35.5. The number of aryl methyl sites for hydroxylation is 2. The van der Waals surface area contributed by atoms with E-state index in [-0.39, 0.29) is 17.2 Å². The molecule has 4 atom stereocenters. The molecule has 4 unspecified atom stereocenters. The number of anilines is 1. The maximum atomic E-state index is 14.4. The number of halogens is 1. The Hall–Kier alpha value is -3.26. The molecule has 0 bridgehead atoms. The van der Waals surface area contributed by atoms with E-state index in [1.807, 2.05) is 40.7 Å². The molecule has 40 heavy (non-hydrogen) atoms. The summed E-state index contributed by atoms with van der Waals surface area (Å²) < 4.78 is 5.46. The standard InChI is InChI=1S/C31H44ClN3O5/c1-10-18(3)25(34-30(39)40-31(7,8)9)29(38)35(21(6)11-2)26(22-16-12-15-20(5)27(22)36)28(37)33-24-19(4)14-13-17-23(24)32/h12-18,21,25-26,36H,10-11H2,1-9H3,(H,33,37)(H,34,39). The number of hydrogen-bond acceptors (Lipinski definition) is 5. The first-order valence-electron chi connectivity index (χ1n) is 13.8. The van der Waals surface area contributed by atoms with Gasteiger partial charge in [-0.2, -0.15) is 0 Å². The quantitative estimate of drug-likeness (QED) is 0.286. The Morgan fingerprint density at radius 2 is 1.60 bits per heavy atom. The molecule has 2 rings (SSSR count). The molecule has 0 aliphatic carbocycles. The monoisotopic (exact) mass is 573 g/mol. The van der Waals surface area contributed by atoms with Gasteiger partial charge in [0.1, 0.15) is 23.4 Å². The van der Waals surface area contributed by atoms with Crippen LogP contribution in [-0.4, -0.2) is 45.6 Å². The van der Waals surface area contributed by atoms with E-state index < -0.39 is 41.6 Å². The first kappa shape index (κ1) is 32.9. The number of carbonyl (C=O) groups is 3. The molecule has 220 valence electrons. The average Bonchev–Trinajstić information content (AvgIpc) is 2.87. The van der Waals surface area contributed by atoms with Crippen molar-refractivity contribution in [2.75, 3.05) is 5.32 Å². The number of para-hydroxylation sites is 2. The molecule has 8 nitrogen and oxygen atoms in total. The second kappa shape index (κ2) is 13.9. The van der Waals surface area contributed by atoms with Crippen LogP contribution < -0.4 is 10.6 Å². The van der Waals surface area contributed by atoms with Gasteiger partial charge in [-0.25, -0.2) is 4.79 Å². The Bertz CT molecular complexity index is 1190. The van der Waals surface area contributed by atoms with Crippen molar-refractivity contribution in [2.24, 2.45) is 5.92 Å². The number of alkyl carbamates (subject to hydrolysis) is 1. The molecule has 0 saturated carbocycles. The molecule has 0 fully saturated rings. The van der Waals surface area contributed by atoms with Gasteiger partial charge in [0, 0.05) is 11.6 Å². The Labute approximate surface area is 243 Å². The highest BCUT2D eigenvalue weighted by molar-refractivity contribution is 6.34. The lowest BCUT2D eigenvalue weighted by atomic mass is 9.93. The van der Waals surface area contributed by atoms with Crippen LogP contribution in [0.1, 0.15) is 84.0 Å². The number of amides is 3. The maximum Gasteiger partial charge on any atom is 0.408 e. The number of hydrogen-bond donors (Lipinski definition) is 3. The Morgan fingerprint density at radius 3 is 2.15 bits per heavy atom. The summed E-state index contributed by atoms with van der Waals surface area (Å²) in [6.45, 7) is 16.3. The van der Waals surface area contributed by atoms with E-state index in [0.717, 1.165) is 5.56 Å². The van der Waals surface area contributed by atoms with Crippen molar-refractivity contribution < 1.29 is 24.2 Å². The van der Waals surface area contributed by atoms with Gasteiger partial charge in [0.15, 0.2) is 0 Å². The predicted octanol–water partition coefficient (Wildman–Crippen LogP) is 6.91. The Balaban J connectivity index is 2.69. The topological polar surface area (TPSA) is 108 Å². The molecular formula is C31H44ClN3O5. The van der Waals surface area contributed by atoms with E-state index in [1.54, 1.807) is 58.0 Å². The van der Waals surface area contributed by atoms with E-state index in [2.05, 4.69) is 10.6 Å². The zero-order valence-electron chi connectivity index (χ0n) is 25.1. The summed E-state index contributed by atoms with van der Waals surface area (Å²) in [7, 11) is 0. The fourth-order valence-corrected chi connectivity index (χ4v) is 4.64. The van der Waals surface area contributed by atoms with E-state index >= 15 is 0 Å². The molecule has 0 spiro atoms. The summed E-state index contributed by atoms with van der Waals surface area (Å²) in [5.74, 6) is -1.34. The molecule has 0 aromatic heterocycles. The van der Waals surface area contributed by atoms with Gasteiger partial charge < -0.3 is 25.4 Å². The number of nitrogens with zero attached hydrogens (tertiary/aromatic N) is 1. The van der Waals surface area contributed by atoms with Gasteiger partial charge in [0.25, 0.3) is 5.91 Å². The van der Waals surface area contributed by atoms with Crippen molar-refractivity contribution in [2.45, 2.75) is 98.9 Å². The van der Waals surface area contributed by atoms with Gasteiger partial charge >= 0.3 is 6.09 Å². The van der Waals surface area contributed by atoms with Crippen molar-refractivity contribution in [1.29, 1.82) is 0 Å². The van der Waals surface area contributed by atoms with Crippen LogP contribution in [0.3, 0.4) is 0 Å². The summed E-state index contributed by atoms with van der Waals surface area (Å²) in [5, 5.41) is 17.1. The van der Waals surface area contributed by atoms with Crippen molar-refractivity contribution in [1.82, 2.24) is 10.2 Å². The van der Waals surface area contributed by atoms with Crippen molar-refractivity contribution in [3.63, 3.8) is 0 Å². The van der Waals surface area contributed by atoms with Crippen LogP contribution >= 0.6 is 11.6 Å². The first-order valence-corrected chi connectivity index (χ1v) is 14.2. The van der Waals surface area contributed by atoms with E-state index in [0.29, 0.717) is 29.1 Å². The zero-order valence-corrected chi connectivity index (χ0v) is 25.8. The minimum absolute atomic E-state index is 0.0835. The number of ether oxygens (including phenoxy) is 1. The molecule has 3 N–H and O–H groups in total. The van der Waals surface area contributed by atoms with Crippen LogP contribution in [0.2, 0.25) is 5.02 Å². The smallest absolute Gasteiger partial charge is 0.408 e. The third-order valence-corrected chi connectivity index (χ3v) is 7.35. The van der Waals surface area contributed by atoms with E-state index in [9.17, 15) is 19.5 Å². The number of benzene rings is 2. The minimum Gasteiger partial charge on any atom is -0.507 e. The summed E-state index contributed by atoms with van der Waals surface area (Å²) in [6.07, 6.45) is 0.389. The van der Waals surface area contributed by atoms with Crippen LogP contribution in [-0.2, 0) is 14.3 Å². The third kappa shape index (κ3) is 8.13. The van der Waals surface area contributed by atoms with Gasteiger partial charge in [0.2, 0.25) is 5.91 Å². The highest BCUT2D eigenvalue weighted by Gasteiger charge is 2.41. The number of rotatable bonds is 10. The summed E-state index contributed by atoms with van der Waals surface area (Å²) in [5.41, 5.74) is 1.25. The first-order chi connectivity index (χ1) is 18.6. The van der Waals surface area contributed by atoms with Gasteiger partial charge in [-0.1, -0.05) is 69.1 Å². The zero-order chi connectivity index (χ0) is 30.4. The molecule has 2 aromatic rings. The largest absolute Gasteiger partial charge is 0.507 e. The van der Waals surface area contributed by atoms with Gasteiger partial charge in [-0.05, 0) is 71.1 Å². The lowest BCUT2D eigenvalue weighted by Crippen LogP contribution is -2.56. The average molecular weight is 574 g/mol. The fraction of sp³-hybridized carbons (Fsp3) is 0.516. The highest BCUT2D eigenvalue weighted by Crippen LogP contribution is 2.36. The normalized spacial score (nSPS) is 14.4. The van der Waals surface area contributed by atoms with Gasteiger partial charge in [0.05, 0.1) is 10.7 Å². The lowest BCUT2D eigenvalue weighted by molar-refractivity contribution is -0.144. The molecule has 3 amide bonds. The lowest BCUT2D eigenvalue weighted by Gasteiger charge is -2.39. The van der Waals surface area contributed by atoms with Crippen molar-refractivity contribution >= 4 is 35.2 Å². The third-order valence-electron chi connectivity index (χ3n) is 7.03. The van der Waals surface area contributed by atoms with Crippen LogP contribution in [0.15, 0.2) is 36.4 Å². The second-order valence-electron chi connectivity index (χ2n) is 11.3. The summed E-state index contributed by atoms with van der Waals surface area (Å²) in [4.78, 5) is 42.8. The molecular weight excluding hydrogens is 530 g/mol. The van der Waals surface area contributed by atoms with Crippen molar-refractivity contribution in [3.05, 3.63) is 58.1 Å². The molecule has 2 aromatic carbocycles. The van der Waals surface area contributed by atoms with E-state index in [1.165, 1.54) is 4.90 Å². The number of aromatic hydroxyl groups is 1. The van der Waals surface area contributed by atoms with Crippen molar-refractivity contribution in [3.8, 4) is 5.75 Å². The van der Waals surface area contributed by atoms with Gasteiger partial charge in [-0.15, -0.1) is 0 Å². The summed E-state index contributed by atoms with van der Waals surface area (Å²) >= 11 is 6.43. The van der Waals surface area contributed by atoms with Crippen LogP contribution in [0.25, 0.3) is 0 Å². The second-order valence-corrected chi connectivity index (χ2v) is 11.8. The maximum absolute atomic E-state index is 14.4. The van der Waals surface area contributed by atoms with Gasteiger partial charge in [-0.3, -0.25) is 9.59 Å². The predicted molar refractivity (Wildman–Crippen MR) is 160 cm³/mol.